The summed E-state index contributed by atoms with van der Waals surface area (Å²) in [6.07, 6.45) is 3.73. The van der Waals surface area contributed by atoms with Gasteiger partial charge in [0.05, 0.1) is 6.10 Å². The second-order valence-electron chi connectivity index (χ2n) is 4.43. The third-order valence-electron chi connectivity index (χ3n) is 2.66. The van der Waals surface area contributed by atoms with Gasteiger partial charge in [0.15, 0.2) is 0 Å². The Morgan fingerprint density at radius 1 is 1.17 bits per heavy atom. The number of hydrogen-bond donors (Lipinski definition) is 1. The van der Waals surface area contributed by atoms with Crippen molar-refractivity contribution in [3.8, 4) is 16.9 Å². The summed E-state index contributed by atoms with van der Waals surface area (Å²) >= 11 is 0. The quantitative estimate of drug-likeness (QED) is 0.896. The van der Waals surface area contributed by atoms with Crippen molar-refractivity contribution in [1.82, 2.24) is 4.98 Å². The molecule has 0 aliphatic rings. The Hall–Kier alpha value is -1.87. The minimum Gasteiger partial charge on any atom is -0.491 e. The van der Waals surface area contributed by atoms with E-state index in [0.29, 0.717) is 6.54 Å². The molecule has 1 heterocycles. The molecule has 94 valence electrons. The Bertz CT molecular complexity index is 509. The Labute approximate surface area is 108 Å². The van der Waals surface area contributed by atoms with Crippen molar-refractivity contribution in [2.24, 2.45) is 5.73 Å². The number of ether oxygens (including phenoxy) is 1. The predicted molar refractivity (Wildman–Crippen MR) is 73.3 cm³/mol. The van der Waals surface area contributed by atoms with Gasteiger partial charge in [-0.05, 0) is 54.8 Å². The summed E-state index contributed by atoms with van der Waals surface area (Å²) < 4.78 is 5.72. The van der Waals surface area contributed by atoms with E-state index < -0.39 is 0 Å². The molecule has 18 heavy (non-hydrogen) atoms. The number of aromatic nitrogens is 1. The Morgan fingerprint density at radius 2 is 1.89 bits per heavy atom. The second kappa shape index (κ2) is 5.65. The first-order chi connectivity index (χ1) is 8.70. The van der Waals surface area contributed by atoms with Crippen LogP contribution in [0.15, 0.2) is 42.7 Å². The molecule has 0 unspecified atom stereocenters. The van der Waals surface area contributed by atoms with E-state index in [4.69, 9.17) is 10.5 Å². The molecule has 3 heteroatoms. The van der Waals surface area contributed by atoms with Crippen LogP contribution < -0.4 is 10.5 Å². The van der Waals surface area contributed by atoms with Crippen LogP contribution in [-0.4, -0.2) is 11.1 Å². The predicted octanol–water partition coefficient (Wildman–Crippen LogP) is 2.99. The van der Waals surface area contributed by atoms with Crippen LogP contribution in [0, 0.1) is 0 Å². The van der Waals surface area contributed by atoms with E-state index in [-0.39, 0.29) is 6.10 Å². The molecule has 1 aromatic carbocycles. The zero-order valence-electron chi connectivity index (χ0n) is 10.8. The van der Waals surface area contributed by atoms with Crippen molar-refractivity contribution in [3.63, 3.8) is 0 Å². The normalized spacial score (nSPS) is 10.7. The molecule has 0 radical (unpaired) electrons. The summed E-state index contributed by atoms with van der Waals surface area (Å²) in [6, 6.07) is 9.99. The molecule has 0 aliphatic heterocycles. The minimum absolute atomic E-state index is 0.166. The van der Waals surface area contributed by atoms with Gasteiger partial charge in [-0.2, -0.15) is 0 Å². The SMILES string of the molecule is CC(C)Oc1ccc(CN)c(-c2ccncc2)c1. The molecule has 0 saturated carbocycles. The topological polar surface area (TPSA) is 48.1 Å². The number of benzene rings is 1. The number of hydrogen-bond acceptors (Lipinski definition) is 3. The van der Waals surface area contributed by atoms with Gasteiger partial charge in [-0.1, -0.05) is 6.07 Å². The molecule has 2 aromatic rings. The standard InChI is InChI=1S/C15H18N2O/c1-11(2)18-14-4-3-13(10-16)15(9-14)12-5-7-17-8-6-12/h3-9,11H,10,16H2,1-2H3. The van der Waals surface area contributed by atoms with Crippen LogP contribution in [0.3, 0.4) is 0 Å². The maximum atomic E-state index is 5.78. The van der Waals surface area contributed by atoms with E-state index in [9.17, 15) is 0 Å². The maximum Gasteiger partial charge on any atom is 0.120 e. The van der Waals surface area contributed by atoms with Crippen LogP contribution >= 0.6 is 0 Å². The Balaban J connectivity index is 2.43. The first-order valence-electron chi connectivity index (χ1n) is 6.10. The summed E-state index contributed by atoms with van der Waals surface area (Å²) in [5.41, 5.74) is 9.11. The fourth-order valence-electron chi connectivity index (χ4n) is 1.88. The molecule has 0 bridgehead atoms. The molecule has 1 aromatic heterocycles. The summed E-state index contributed by atoms with van der Waals surface area (Å²) in [5, 5.41) is 0. The number of rotatable bonds is 4. The Kier molecular flexibility index (Phi) is 3.95. The third kappa shape index (κ3) is 2.87. The van der Waals surface area contributed by atoms with Crippen LogP contribution in [0.5, 0.6) is 5.75 Å². The molecule has 2 N–H and O–H groups in total. The average molecular weight is 242 g/mol. The molecular formula is C15H18N2O. The Morgan fingerprint density at radius 3 is 2.50 bits per heavy atom. The second-order valence-corrected chi connectivity index (χ2v) is 4.43. The molecule has 2 rings (SSSR count). The minimum atomic E-state index is 0.166. The largest absolute Gasteiger partial charge is 0.491 e. The van der Waals surface area contributed by atoms with Gasteiger partial charge in [-0.15, -0.1) is 0 Å². The maximum absolute atomic E-state index is 5.78. The van der Waals surface area contributed by atoms with E-state index in [2.05, 4.69) is 4.98 Å². The van der Waals surface area contributed by atoms with E-state index >= 15 is 0 Å². The summed E-state index contributed by atoms with van der Waals surface area (Å²) in [7, 11) is 0. The van der Waals surface area contributed by atoms with Gasteiger partial charge in [-0.25, -0.2) is 0 Å². The number of nitrogens with zero attached hydrogens (tertiary/aromatic N) is 1. The molecule has 0 atom stereocenters. The lowest BCUT2D eigenvalue weighted by atomic mass is 10.0. The first-order valence-corrected chi connectivity index (χ1v) is 6.10. The summed E-state index contributed by atoms with van der Waals surface area (Å²) in [5.74, 6) is 0.869. The fraction of sp³-hybridized carbons (Fsp3) is 0.267. The highest BCUT2D eigenvalue weighted by atomic mass is 16.5. The van der Waals surface area contributed by atoms with E-state index in [1.54, 1.807) is 12.4 Å². The van der Waals surface area contributed by atoms with Gasteiger partial charge in [-0.3, -0.25) is 4.98 Å². The molecular weight excluding hydrogens is 224 g/mol. The lowest BCUT2D eigenvalue weighted by molar-refractivity contribution is 0.242. The lowest BCUT2D eigenvalue weighted by Crippen LogP contribution is -2.06. The average Bonchev–Trinajstić information content (AvgIpc) is 2.39. The van der Waals surface area contributed by atoms with Gasteiger partial charge in [0.1, 0.15) is 5.75 Å². The molecule has 0 amide bonds. The van der Waals surface area contributed by atoms with Gasteiger partial charge in [0.25, 0.3) is 0 Å². The summed E-state index contributed by atoms with van der Waals surface area (Å²) in [4.78, 5) is 4.03. The van der Waals surface area contributed by atoms with Crippen LogP contribution in [-0.2, 0) is 6.54 Å². The number of nitrogens with two attached hydrogens (primary N) is 1. The van der Waals surface area contributed by atoms with E-state index in [1.165, 1.54) is 0 Å². The van der Waals surface area contributed by atoms with Gasteiger partial charge < -0.3 is 10.5 Å². The van der Waals surface area contributed by atoms with Crippen molar-refractivity contribution in [1.29, 1.82) is 0 Å². The zero-order valence-corrected chi connectivity index (χ0v) is 10.8. The van der Waals surface area contributed by atoms with Crippen LogP contribution in [0.4, 0.5) is 0 Å². The molecule has 3 nitrogen and oxygen atoms in total. The molecule has 0 spiro atoms. The first kappa shape index (κ1) is 12.6. The van der Waals surface area contributed by atoms with Crippen molar-refractivity contribution in [2.45, 2.75) is 26.5 Å². The van der Waals surface area contributed by atoms with Crippen molar-refractivity contribution in [3.05, 3.63) is 48.3 Å². The highest BCUT2D eigenvalue weighted by Gasteiger charge is 2.07. The molecule has 0 saturated heterocycles. The van der Waals surface area contributed by atoms with Gasteiger partial charge >= 0.3 is 0 Å². The van der Waals surface area contributed by atoms with Gasteiger partial charge in [0.2, 0.25) is 0 Å². The highest BCUT2D eigenvalue weighted by Crippen LogP contribution is 2.28. The van der Waals surface area contributed by atoms with Crippen molar-refractivity contribution in [2.75, 3.05) is 0 Å². The van der Waals surface area contributed by atoms with Gasteiger partial charge in [0, 0.05) is 18.9 Å². The van der Waals surface area contributed by atoms with Crippen LogP contribution in [0.25, 0.3) is 11.1 Å². The monoisotopic (exact) mass is 242 g/mol. The summed E-state index contributed by atoms with van der Waals surface area (Å²) in [6.45, 7) is 4.55. The van der Waals surface area contributed by atoms with E-state index in [1.807, 2.05) is 44.2 Å². The van der Waals surface area contributed by atoms with E-state index in [0.717, 1.165) is 22.4 Å². The fourth-order valence-corrected chi connectivity index (χ4v) is 1.88. The lowest BCUT2D eigenvalue weighted by Gasteiger charge is -2.14. The third-order valence-corrected chi connectivity index (χ3v) is 2.66. The van der Waals surface area contributed by atoms with Crippen LogP contribution in [0.2, 0.25) is 0 Å². The number of pyridine rings is 1. The van der Waals surface area contributed by atoms with Crippen LogP contribution in [0.1, 0.15) is 19.4 Å². The van der Waals surface area contributed by atoms with Crippen molar-refractivity contribution < 1.29 is 4.74 Å². The highest BCUT2D eigenvalue weighted by molar-refractivity contribution is 5.68. The molecule has 0 fully saturated rings. The molecule has 0 aliphatic carbocycles. The zero-order chi connectivity index (χ0) is 13.0. The van der Waals surface area contributed by atoms with Crippen molar-refractivity contribution >= 4 is 0 Å². The smallest absolute Gasteiger partial charge is 0.120 e.